The van der Waals surface area contributed by atoms with E-state index in [1.807, 2.05) is 6.20 Å². The summed E-state index contributed by atoms with van der Waals surface area (Å²) < 4.78 is 0. The Balaban J connectivity index is 1.93. The predicted molar refractivity (Wildman–Crippen MR) is 43.4 cm³/mol. The lowest BCUT2D eigenvalue weighted by Gasteiger charge is -2.14. The number of hydrogen-bond donors (Lipinski definition) is 1. The second kappa shape index (κ2) is 4.34. The van der Waals surface area contributed by atoms with Crippen molar-refractivity contribution in [1.82, 2.24) is 10.4 Å². The van der Waals surface area contributed by atoms with E-state index in [-0.39, 0.29) is 0 Å². The molecule has 0 unspecified atom stereocenters. The molecule has 0 atom stereocenters. The molecule has 2 nitrogen and oxygen atoms in total. The van der Waals surface area contributed by atoms with Crippen LogP contribution in [0.4, 0.5) is 0 Å². The van der Waals surface area contributed by atoms with Gasteiger partial charge in [-0.2, -0.15) is 0 Å². The van der Waals surface area contributed by atoms with Gasteiger partial charge in [0.2, 0.25) is 0 Å². The summed E-state index contributed by atoms with van der Waals surface area (Å²) in [6.07, 6.45) is 8.11. The molecule has 0 fully saturated rings. The lowest BCUT2D eigenvalue weighted by molar-refractivity contribution is 0.260. The molecule has 1 rings (SSSR count). The summed E-state index contributed by atoms with van der Waals surface area (Å²) in [5, 5.41) is 2.23. The molecule has 0 aromatic heterocycles. The fourth-order valence-corrected chi connectivity index (χ4v) is 1.10. The van der Waals surface area contributed by atoms with Gasteiger partial charge in [-0.15, -0.1) is 0 Å². The number of nitrogens with one attached hydrogen (secondary N) is 1. The first kappa shape index (κ1) is 7.61. The van der Waals surface area contributed by atoms with Gasteiger partial charge in [0.15, 0.2) is 0 Å². The van der Waals surface area contributed by atoms with E-state index in [9.17, 15) is 0 Å². The molecule has 1 N–H and O–H groups in total. The highest BCUT2D eigenvalue weighted by Gasteiger charge is 2.02. The summed E-state index contributed by atoms with van der Waals surface area (Å²) in [6, 6.07) is 0. The summed E-state index contributed by atoms with van der Waals surface area (Å²) in [4.78, 5) is 0. The Bertz CT molecular complexity index is 102. The van der Waals surface area contributed by atoms with E-state index in [1.54, 1.807) is 0 Å². The maximum Gasteiger partial charge on any atom is 0.0376 e. The predicted octanol–water partition coefficient (Wildman–Crippen LogP) is 1.51. The van der Waals surface area contributed by atoms with Gasteiger partial charge in [-0.1, -0.05) is 25.8 Å². The van der Waals surface area contributed by atoms with Crippen molar-refractivity contribution in [3.63, 3.8) is 0 Å². The smallest absolute Gasteiger partial charge is 0.0376 e. The number of hydrazine groups is 1. The zero-order valence-electron chi connectivity index (χ0n) is 6.64. The summed E-state index contributed by atoms with van der Waals surface area (Å²) >= 11 is 0. The molecule has 58 valence electrons. The lowest BCUT2D eigenvalue weighted by atomic mass is 10.2. The largest absolute Gasteiger partial charge is 0.326 e. The van der Waals surface area contributed by atoms with E-state index < -0.39 is 0 Å². The first-order chi connectivity index (χ1) is 4.93. The van der Waals surface area contributed by atoms with E-state index in [2.05, 4.69) is 23.4 Å². The quantitative estimate of drug-likeness (QED) is 0.595. The number of hydrogen-bond acceptors (Lipinski definition) is 2. The van der Waals surface area contributed by atoms with Crippen molar-refractivity contribution in [2.45, 2.75) is 26.2 Å². The molecule has 0 spiro atoms. The minimum Gasteiger partial charge on any atom is -0.326 e. The molecular formula is C8H16N2. The Labute approximate surface area is 62.9 Å². The first-order valence-corrected chi connectivity index (χ1v) is 4.09. The molecule has 2 heteroatoms. The van der Waals surface area contributed by atoms with Crippen LogP contribution in [-0.2, 0) is 0 Å². The molecule has 0 aromatic rings. The van der Waals surface area contributed by atoms with E-state index >= 15 is 0 Å². The van der Waals surface area contributed by atoms with Crippen LogP contribution in [0, 0.1) is 0 Å². The lowest BCUT2D eigenvalue weighted by Crippen LogP contribution is -2.30. The third-order valence-corrected chi connectivity index (χ3v) is 1.73. The molecular weight excluding hydrogens is 124 g/mol. The second-order valence-electron chi connectivity index (χ2n) is 2.68. The standard InChI is InChI=1S/C8H16N2/c1-2-3-4-7-10-8-5-6-9-10/h5-6,9H,2-4,7-8H2,1H3. The topological polar surface area (TPSA) is 15.3 Å². The third kappa shape index (κ3) is 2.40. The molecule has 0 aliphatic carbocycles. The fourth-order valence-electron chi connectivity index (χ4n) is 1.10. The van der Waals surface area contributed by atoms with Gasteiger partial charge in [-0.3, -0.25) is 0 Å². The van der Waals surface area contributed by atoms with Gasteiger partial charge in [-0.05, 0) is 6.42 Å². The van der Waals surface area contributed by atoms with Gasteiger partial charge < -0.3 is 5.43 Å². The van der Waals surface area contributed by atoms with Gasteiger partial charge in [0.25, 0.3) is 0 Å². The van der Waals surface area contributed by atoms with Crippen molar-refractivity contribution in [3.8, 4) is 0 Å². The number of rotatable bonds is 4. The molecule has 0 bridgehead atoms. The van der Waals surface area contributed by atoms with E-state index in [1.165, 1.54) is 25.8 Å². The molecule has 1 heterocycles. The summed E-state index contributed by atoms with van der Waals surface area (Å²) in [7, 11) is 0. The summed E-state index contributed by atoms with van der Waals surface area (Å²) in [5.41, 5.74) is 3.17. The average molecular weight is 140 g/mol. The van der Waals surface area contributed by atoms with E-state index in [0.29, 0.717) is 0 Å². The monoisotopic (exact) mass is 140 g/mol. The van der Waals surface area contributed by atoms with Crippen molar-refractivity contribution in [2.75, 3.05) is 13.1 Å². The van der Waals surface area contributed by atoms with Crippen LogP contribution < -0.4 is 5.43 Å². The molecule has 0 amide bonds. The molecule has 1 aliphatic heterocycles. The Hall–Kier alpha value is -0.500. The van der Waals surface area contributed by atoms with Crippen LogP contribution in [0.2, 0.25) is 0 Å². The zero-order chi connectivity index (χ0) is 7.23. The highest BCUT2D eigenvalue weighted by Crippen LogP contribution is 1.98. The minimum atomic E-state index is 1.07. The van der Waals surface area contributed by atoms with Gasteiger partial charge >= 0.3 is 0 Å². The molecule has 0 aromatic carbocycles. The summed E-state index contributed by atoms with van der Waals surface area (Å²) in [5.74, 6) is 0. The number of unbranched alkanes of at least 4 members (excludes halogenated alkanes) is 2. The highest BCUT2D eigenvalue weighted by atomic mass is 15.5. The maximum absolute atomic E-state index is 3.17. The van der Waals surface area contributed by atoms with Crippen molar-refractivity contribution < 1.29 is 0 Å². The molecule has 0 saturated carbocycles. The molecule has 10 heavy (non-hydrogen) atoms. The van der Waals surface area contributed by atoms with Gasteiger partial charge in [-0.25, -0.2) is 5.01 Å². The van der Waals surface area contributed by atoms with Crippen LogP contribution in [0.15, 0.2) is 12.3 Å². The van der Waals surface area contributed by atoms with Gasteiger partial charge in [0, 0.05) is 19.3 Å². The fraction of sp³-hybridized carbons (Fsp3) is 0.750. The van der Waals surface area contributed by atoms with Crippen LogP contribution in [0.5, 0.6) is 0 Å². The van der Waals surface area contributed by atoms with Crippen LogP contribution in [0.1, 0.15) is 26.2 Å². The van der Waals surface area contributed by atoms with Gasteiger partial charge in [0.1, 0.15) is 0 Å². The van der Waals surface area contributed by atoms with Crippen LogP contribution in [-0.4, -0.2) is 18.1 Å². The van der Waals surface area contributed by atoms with Crippen molar-refractivity contribution in [2.24, 2.45) is 0 Å². The van der Waals surface area contributed by atoms with Crippen LogP contribution >= 0.6 is 0 Å². The van der Waals surface area contributed by atoms with E-state index in [4.69, 9.17) is 0 Å². The SMILES string of the molecule is CCCCCN1CC=CN1. The van der Waals surface area contributed by atoms with Crippen LogP contribution in [0.25, 0.3) is 0 Å². The Morgan fingerprint density at radius 2 is 2.40 bits per heavy atom. The number of nitrogens with zero attached hydrogens (tertiary/aromatic N) is 1. The van der Waals surface area contributed by atoms with Crippen molar-refractivity contribution >= 4 is 0 Å². The second-order valence-corrected chi connectivity index (χ2v) is 2.68. The van der Waals surface area contributed by atoms with E-state index in [0.717, 1.165) is 6.54 Å². The highest BCUT2D eigenvalue weighted by molar-refractivity contribution is 4.88. The maximum atomic E-state index is 3.17. The normalized spacial score (nSPS) is 17.7. The van der Waals surface area contributed by atoms with Crippen molar-refractivity contribution in [3.05, 3.63) is 12.3 Å². The Morgan fingerprint density at radius 3 is 3.00 bits per heavy atom. The Kier molecular flexibility index (Phi) is 3.30. The zero-order valence-corrected chi connectivity index (χ0v) is 6.64. The molecule has 1 aliphatic rings. The molecule has 0 radical (unpaired) electrons. The van der Waals surface area contributed by atoms with Crippen molar-refractivity contribution in [1.29, 1.82) is 0 Å². The van der Waals surface area contributed by atoms with Crippen LogP contribution in [0.3, 0.4) is 0 Å². The minimum absolute atomic E-state index is 1.07. The first-order valence-electron chi connectivity index (χ1n) is 4.09. The molecule has 0 saturated heterocycles. The van der Waals surface area contributed by atoms with Gasteiger partial charge in [0.05, 0.1) is 0 Å². The third-order valence-electron chi connectivity index (χ3n) is 1.73. The Morgan fingerprint density at radius 1 is 1.50 bits per heavy atom. The summed E-state index contributed by atoms with van der Waals surface area (Å²) in [6.45, 7) is 4.49. The average Bonchev–Trinajstić information content (AvgIpc) is 2.41.